The first-order chi connectivity index (χ1) is 8.76. The van der Waals surface area contributed by atoms with Crippen LogP contribution in [0.25, 0.3) is 0 Å². The molecule has 1 atom stereocenters. The fourth-order valence-corrected chi connectivity index (χ4v) is 2.63. The summed E-state index contributed by atoms with van der Waals surface area (Å²) in [6.45, 7) is 2.16. The van der Waals surface area contributed by atoms with Crippen LogP contribution >= 0.6 is 11.8 Å². The second-order valence-corrected chi connectivity index (χ2v) is 5.34. The van der Waals surface area contributed by atoms with Gasteiger partial charge < -0.3 is 5.32 Å². The van der Waals surface area contributed by atoms with Gasteiger partial charge in [-0.2, -0.15) is 0 Å². The summed E-state index contributed by atoms with van der Waals surface area (Å²) in [7, 11) is 3.86. The van der Waals surface area contributed by atoms with Crippen LogP contribution in [-0.2, 0) is 7.05 Å². The van der Waals surface area contributed by atoms with E-state index in [9.17, 15) is 0 Å². The minimum Gasteiger partial charge on any atom is -0.308 e. The van der Waals surface area contributed by atoms with Crippen molar-refractivity contribution >= 4 is 11.8 Å². The van der Waals surface area contributed by atoms with Crippen molar-refractivity contribution in [1.82, 2.24) is 20.3 Å². The lowest BCUT2D eigenvalue weighted by atomic mass is 10.0. The molecule has 18 heavy (non-hydrogen) atoms. The topological polar surface area (TPSA) is 42.7 Å². The molecule has 0 spiro atoms. The molecular weight excluding hydrogens is 244 g/mol. The molecule has 1 unspecified atom stereocenters. The zero-order valence-electron chi connectivity index (χ0n) is 10.9. The number of aryl methyl sites for hydroxylation is 1. The third-order valence-electron chi connectivity index (χ3n) is 2.86. The molecule has 96 valence electrons. The highest BCUT2D eigenvalue weighted by Crippen LogP contribution is 2.24. The smallest absolute Gasteiger partial charge is 0.0798 e. The molecule has 0 aliphatic rings. The first kappa shape index (κ1) is 13.1. The number of rotatable bonds is 5. The van der Waals surface area contributed by atoms with Crippen molar-refractivity contribution in [3.05, 3.63) is 41.7 Å². The molecule has 2 aromatic rings. The van der Waals surface area contributed by atoms with Gasteiger partial charge >= 0.3 is 0 Å². The lowest BCUT2D eigenvalue weighted by molar-refractivity contribution is 0.597. The normalized spacial score (nSPS) is 12.6. The summed E-state index contributed by atoms with van der Waals surface area (Å²) in [4.78, 5) is 1.30. The van der Waals surface area contributed by atoms with E-state index in [1.165, 1.54) is 10.5 Å². The van der Waals surface area contributed by atoms with Gasteiger partial charge in [0, 0.05) is 11.9 Å². The Kier molecular flexibility index (Phi) is 4.38. The van der Waals surface area contributed by atoms with E-state index in [-0.39, 0.29) is 6.04 Å². The first-order valence-electron chi connectivity index (χ1n) is 6.00. The van der Waals surface area contributed by atoms with Crippen molar-refractivity contribution < 1.29 is 0 Å². The van der Waals surface area contributed by atoms with Crippen LogP contribution in [0.15, 0.2) is 35.4 Å². The summed E-state index contributed by atoms with van der Waals surface area (Å²) in [6, 6.07) is 8.78. The van der Waals surface area contributed by atoms with Crippen molar-refractivity contribution in [2.24, 2.45) is 7.05 Å². The van der Waals surface area contributed by atoms with Gasteiger partial charge in [0.1, 0.15) is 0 Å². The second kappa shape index (κ2) is 6.02. The average Bonchev–Trinajstić information content (AvgIpc) is 2.79. The third kappa shape index (κ3) is 2.73. The minimum absolute atomic E-state index is 0.130. The Morgan fingerprint density at radius 1 is 1.33 bits per heavy atom. The number of thioether (sulfide) groups is 1. The van der Waals surface area contributed by atoms with Crippen LogP contribution in [0.5, 0.6) is 0 Å². The van der Waals surface area contributed by atoms with E-state index in [4.69, 9.17) is 0 Å². The average molecular weight is 262 g/mol. The van der Waals surface area contributed by atoms with Crippen molar-refractivity contribution in [3.8, 4) is 0 Å². The monoisotopic (exact) mass is 262 g/mol. The summed E-state index contributed by atoms with van der Waals surface area (Å²) >= 11 is 1.85. The highest BCUT2D eigenvalue weighted by atomic mass is 32.2. The Balaban J connectivity index is 2.25. The van der Waals surface area contributed by atoms with Crippen LogP contribution in [0, 0.1) is 0 Å². The number of nitrogens with one attached hydrogen (secondary N) is 1. The second-order valence-electron chi connectivity index (χ2n) is 4.01. The molecule has 0 bridgehead atoms. The summed E-state index contributed by atoms with van der Waals surface area (Å²) in [5, 5.41) is 11.2. The number of nitrogens with zero attached hydrogens (tertiary/aromatic N) is 3. The van der Waals surface area contributed by atoms with Crippen LogP contribution in [0.2, 0.25) is 0 Å². The molecule has 5 heteroatoms. The molecule has 0 aliphatic heterocycles. The maximum Gasteiger partial charge on any atom is 0.0798 e. The summed E-state index contributed by atoms with van der Waals surface area (Å²) in [5.74, 6) is 1.10. The van der Waals surface area contributed by atoms with Gasteiger partial charge in [0.2, 0.25) is 0 Å². The fourth-order valence-electron chi connectivity index (χ4n) is 1.97. The van der Waals surface area contributed by atoms with Crippen molar-refractivity contribution in [1.29, 1.82) is 0 Å². The SMILES string of the molecule is CCSc1ccc(C(NC)c2cnnn2C)cc1. The fraction of sp³-hybridized carbons (Fsp3) is 0.385. The van der Waals surface area contributed by atoms with Crippen LogP contribution < -0.4 is 5.32 Å². The Labute approximate surface area is 112 Å². The molecule has 1 heterocycles. The van der Waals surface area contributed by atoms with E-state index < -0.39 is 0 Å². The van der Waals surface area contributed by atoms with Crippen molar-refractivity contribution in [2.75, 3.05) is 12.8 Å². The van der Waals surface area contributed by atoms with Gasteiger partial charge in [0.15, 0.2) is 0 Å². The third-order valence-corrected chi connectivity index (χ3v) is 3.75. The number of hydrogen-bond donors (Lipinski definition) is 1. The van der Waals surface area contributed by atoms with Gasteiger partial charge in [0.25, 0.3) is 0 Å². The Hall–Kier alpha value is -1.33. The minimum atomic E-state index is 0.130. The van der Waals surface area contributed by atoms with Crippen LogP contribution in [0.3, 0.4) is 0 Å². The Bertz CT molecular complexity index is 492. The maximum atomic E-state index is 3.98. The highest BCUT2D eigenvalue weighted by Gasteiger charge is 2.15. The van der Waals surface area contributed by atoms with E-state index >= 15 is 0 Å². The molecular formula is C13H18N4S. The van der Waals surface area contributed by atoms with E-state index in [0.29, 0.717) is 0 Å². The van der Waals surface area contributed by atoms with Gasteiger partial charge in [-0.3, -0.25) is 4.68 Å². The zero-order chi connectivity index (χ0) is 13.0. The predicted octanol–water partition coefficient (Wildman–Crippen LogP) is 2.24. The van der Waals surface area contributed by atoms with Gasteiger partial charge in [0.05, 0.1) is 17.9 Å². The van der Waals surface area contributed by atoms with Gasteiger partial charge in [-0.1, -0.05) is 24.3 Å². The zero-order valence-corrected chi connectivity index (χ0v) is 11.7. The molecule has 4 nitrogen and oxygen atoms in total. The molecule has 0 amide bonds. The molecule has 0 aliphatic carbocycles. The predicted molar refractivity (Wildman–Crippen MR) is 74.7 cm³/mol. The summed E-state index contributed by atoms with van der Waals surface area (Å²) in [6.07, 6.45) is 1.80. The Morgan fingerprint density at radius 3 is 2.56 bits per heavy atom. The standard InChI is InChI=1S/C13H18N4S/c1-4-18-11-7-5-10(6-8-11)13(14-2)12-9-15-16-17(12)3/h5-9,13-14H,4H2,1-3H3. The maximum absolute atomic E-state index is 3.98. The van der Waals surface area contributed by atoms with E-state index in [1.807, 2.05) is 25.9 Å². The van der Waals surface area contributed by atoms with E-state index in [1.54, 1.807) is 10.9 Å². The van der Waals surface area contributed by atoms with Crippen LogP contribution in [0.4, 0.5) is 0 Å². The highest BCUT2D eigenvalue weighted by molar-refractivity contribution is 7.99. The van der Waals surface area contributed by atoms with Crippen molar-refractivity contribution in [2.45, 2.75) is 17.9 Å². The van der Waals surface area contributed by atoms with E-state index in [0.717, 1.165) is 11.4 Å². The molecule has 1 aromatic heterocycles. The quantitative estimate of drug-likeness (QED) is 0.839. The van der Waals surface area contributed by atoms with Crippen LogP contribution in [-0.4, -0.2) is 27.8 Å². The number of hydrogen-bond acceptors (Lipinski definition) is 4. The van der Waals surface area contributed by atoms with Crippen molar-refractivity contribution in [3.63, 3.8) is 0 Å². The molecule has 0 saturated heterocycles. The Morgan fingerprint density at radius 2 is 2.06 bits per heavy atom. The lowest BCUT2D eigenvalue weighted by Crippen LogP contribution is -2.20. The number of aromatic nitrogens is 3. The summed E-state index contributed by atoms with van der Waals surface area (Å²) in [5.41, 5.74) is 2.29. The number of benzene rings is 1. The lowest BCUT2D eigenvalue weighted by Gasteiger charge is -2.16. The molecule has 0 saturated carbocycles. The van der Waals surface area contributed by atoms with Gasteiger partial charge in [-0.15, -0.1) is 16.9 Å². The van der Waals surface area contributed by atoms with Crippen LogP contribution in [0.1, 0.15) is 24.2 Å². The first-order valence-corrected chi connectivity index (χ1v) is 6.99. The molecule has 1 aromatic carbocycles. The van der Waals surface area contributed by atoms with Gasteiger partial charge in [-0.25, -0.2) is 0 Å². The molecule has 0 radical (unpaired) electrons. The molecule has 1 N–H and O–H groups in total. The largest absolute Gasteiger partial charge is 0.308 e. The van der Waals surface area contributed by atoms with E-state index in [2.05, 4.69) is 46.8 Å². The summed E-state index contributed by atoms with van der Waals surface area (Å²) < 4.78 is 1.80. The van der Waals surface area contributed by atoms with Gasteiger partial charge in [-0.05, 0) is 30.5 Å². The molecule has 0 fully saturated rings. The molecule has 2 rings (SSSR count).